The number of fused-ring (bicyclic) bond motifs is 2. The van der Waals surface area contributed by atoms with E-state index < -0.39 is 0 Å². The molecule has 1 fully saturated rings. The minimum Gasteiger partial charge on any atom is -0.494 e. The Bertz CT molecular complexity index is 1290. The summed E-state index contributed by atoms with van der Waals surface area (Å²) in [5.41, 5.74) is 2.97. The monoisotopic (exact) mass is 529 g/mol. The number of benzene rings is 3. The van der Waals surface area contributed by atoms with Gasteiger partial charge >= 0.3 is 0 Å². The molecule has 0 spiro atoms. The Morgan fingerprint density at radius 2 is 1.87 bits per heavy atom. The first-order valence-electron chi connectivity index (χ1n) is 13.5. The molecule has 7 heteroatoms. The molecule has 2 amide bonds. The average molecular weight is 530 g/mol. The third-order valence-electron chi connectivity index (χ3n) is 7.29. The molecule has 1 N–H and O–H groups in total. The fourth-order valence-electron chi connectivity index (χ4n) is 5.16. The van der Waals surface area contributed by atoms with Crippen LogP contribution in [0.3, 0.4) is 0 Å². The lowest BCUT2D eigenvalue weighted by Gasteiger charge is -2.33. The van der Waals surface area contributed by atoms with Crippen LogP contribution in [-0.2, 0) is 6.54 Å². The lowest BCUT2D eigenvalue weighted by molar-refractivity contribution is 0.0936. The van der Waals surface area contributed by atoms with E-state index in [0.29, 0.717) is 36.9 Å². The number of nitrogens with zero attached hydrogens (tertiary/aromatic N) is 2. The van der Waals surface area contributed by atoms with Crippen molar-refractivity contribution in [3.63, 3.8) is 0 Å². The Morgan fingerprint density at radius 1 is 1.05 bits per heavy atom. The van der Waals surface area contributed by atoms with Gasteiger partial charge in [0.25, 0.3) is 11.8 Å². The topological polar surface area (TPSA) is 61.9 Å². The predicted molar refractivity (Wildman–Crippen MR) is 152 cm³/mol. The summed E-state index contributed by atoms with van der Waals surface area (Å²) in [4.78, 5) is 33.1. The van der Waals surface area contributed by atoms with Crippen LogP contribution in [0.1, 0.15) is 59.4 Å². The van der Waals surface area contributed by atoms with Crippen LogP contribution in [0.25, 0.3) is 0 Å². The Balaban J connectivity index is 1.39. The van der Waals surface area contributed by atoms with Gasteiger partial charge in [0.1, 0.15) is 5.75 Å². The fraction of sp³-hybridized carbons (Fsp3) is 0.355. The van der Waals surface area contributed by atoms with Gasteiger partial charge in [0.2, 0.25) is 0 Å². The van der Waals surface area contributed by atoms with Gasteiger partial charge in [0.15, 0.2) is 0 Å². The second-order valence-corrected chi connectivity index (χ2v) is 11.0. The second-order valence-electron chi connectivity index (χ2n) is 9.89. The van der Waals surface area contributed by atoms with Crippen LogP contribution < -0.4 is 15.0 Å². The van der Waals surface area contributed by atoms with Crippen LogP contribution >= 0.6 is 11.8 Å². The molecular weight excluding hydrogens is 494 g/mol. The van der Waals surface area contributed by atoms with Crippen LogP contribution in [0.5, 0.6) is 5.75 Å². The van der Waals surface area contributed by atoms with Crippen molar-refractivity contribution >= 4 is 29.3 Å². The summed E-state index contributed by atoms with van der Waals surface area (Å²) in [6.07, 6.45) is 3.73. The van der Waals surface area contributed by atoms with Gasteiger partial charge in [-0.3, -0.25) is 14.5 Å². The lowest BCUT2D eigenvalue weighted by atomic mass is 10.0. The largest absolute Gasteiger partial charge is 0.494 e. The van der Waals surface area contributed by atoms with E-state index in [2.05, 4.69) is 17.1 Å². The molecule has 0 aliphatic carbocycles. The number of ether oxygens (including phenoxy) is 1. The van der Waals surface area contributed by atoms with Crippen molar-refractivity contribution in [1.29, 1.82) is 0 Å². The molecule has 38 heavy (non-hydrogen) atoms. The van der Waals surface area contributed by atoms with E-state index in [0.717, 1.165) is 39.9 Å². The van der Waals surface area contributed by atoms with E-state index in [-0.39, 0.29) is 11.8 Å². The smallest absolute Gasteiger partial charge is 0.259 e. The number of piperidine rings is 1. The third kappa shape index (κ3) is 5.89. The summed E-state index contributed by atoms with van der Waals surface area (Å²) in [5.74, 6) is 0.618. The maximum Gasteiger partial charge on any atom is 0.259 e. The Kier molecular flexibility index (Phi) is 8.35. The molecule has 2 aliphatic heterocycles. The van der Waals surface area contributed by atoms with Crippen molar-refractivity contribution in [3.05, 3.63) is 83.4 Å². The molecule has 3 aromatic rings. The summed E-state index contributed by atoms with van der Waals surface area (Å²) in [5, 5.41) is 3.10. The molecule has 1 atom stereocenters. The van der Waals surface area contributed by atoms with E-state index in [4.69, 9.17) is 4.74 Å². The first kappa shape index (κ1) is 26.3. The number of likely N-dealkylation sites (tertiary alicyclic amines) is 1. The number of amides is 2. The molecule has 0 radical (unpaired) electrons. The molecule has 1 saturated heterocycles. The van der Waals surface area contributed by atoms with Crippen molar-refractivity contribution in [3.8, 4) is 5.75 Å². The van der Waals surface area contributed by atoms with E-state index >= 15 is 0 Å². The van der Waals surface area contributed by atoms with Gasteiger partial charge < -0.3 is 15.0 Å². The average Bonchev–Trinajstić information content (AvgIpc) is 3.05. The van der Waals surface area contributed by atoms with Gasteiger partial charge in [-0.05, 0) is 81.3 Å². The summed E-state index contributed by atoms with van der Waals surface area (Å²) < 4.78 is 5.58. The Hall–Kier alpha value is -3.29. The summed E-state index contributed by atoms with van der Waals surface area (Å²) in [6.45, 7) is 7.77. The number of hydrogen-bond donors (Lipinski definition) is 1. The molecule has 0 unspecified atom stereocenters. The molecular formula is C31H35N3O3S. The third-order valence-corrected chi connectivity index (χ3v) is 8.44. The van der Waals surface area contributed by atoms with Gasteiger partial charge in [-0.15, -0.1) is 0 Å². The summed E-state index contributed by atoms with van der Waals surface area (Å²) in [6, 6.07) is 21.8. The Labute approximate surface area is 229 Å². The molecule has 198 valence electrons. The van der Waals surface area contributed by atoms with Crippen LogP contribution in [0.4, 0.5) is 5.69 Å². The van der Waals surface area contributed by atoms with E-state index in [1.165, 1.54) is 19.3 Å². The van der Waals surface area contributed by atoms with Crippen LogP contribution in [0.2, 0.25) is 0 Å². The highest BCUT2D eigenvalue weighted by Gasteiger charge is 2.28. The van der Waals surface area contributed by atoms with E-state index in [9.17, 15) is 9.59 Å². The maximum absolute atomic E-state index is 13.8. The molecule has 5 rings (SSSR count). The standard InChI is InChI=1S/C31H35N3O3S/c1-3-37-25-14-11-23(12-15-25)21-34-27-20-24(30(35)32-17-19-33-18-7-6-8-22(33)2)13-16-29(27)38-28-10-5-4-9-26(28)31(34)36/h4-5,9-16,20,22H,3,6-8,17-19,21H2,1-2H3,(H,32,35)/t22-/m1/s1. The zero-order valence-corrected chi connectivity index (χ0v) is 22.9. The molecule has 0 bridgehead atoms. The first-order valence-corrected chi connectivity index (χ1v) is 14.3. The molecule has 2 heterocycles. The number of hydrogen-bond acceptors (Lipinski definition) is 5. The quantitative estimate of drug-likeness (QED) is 0.388. The predicted octanol–water partition coefficient (Wildman–Crippen LogP) is 6.00. The number of anilines is 1. The second kappa shape index (κ2) is 12.0. The summed E-state index contributed by atoms with van der Waals surface area (Å²) >= 11 is 1.57. The van der Waals surface area contributed by atoms with Crippen LogP contribution in [0, 0.1) is 0 Å². The normalized spacial score (nSPS) is 17.4. The molecule has 3 aromatic carbocycles. The van der Waals surface area contributed by atoms with E-state index in [1.54, 1.807) is 16.7 Å². The van der Waals surface area contributed by atoms with Crippen molar-refractivity contribution in [2.45, 2.75) is 55.5 Å². The lowest BCUT2D eigenvalue weighted by Crippen LogP contribution is -2.42. The van der Waals surface area contributed by atoms with Crippen LogP contribution in [-0.4, -0.2) is 49.0 Å². The zero-order chi connectivity index (χ0) is 26.5. The Morgan fingerprint density at radius 3 is 2.66 bits per heavy atom. The van der Waals surface area contributed by atoms with Crippen LogP contribution in [0.15, 0.2) is 76.5 Å². The zero-order valence-electron chi connectivity index (χ0n) is 22.1. The van der Waals surface area contributed by atoms with Crippen molar-refractivity contribution in [2.24, 2.45) is 0 Å². The minimum atomic E-state index is -0.113. The number of carbonyl (C=O) groups excluding carboxylic acids is 2. The number of carbonyl (C=O) groups is 2. The first-order chi connectivity index (χ1) is 18.5. The molecule has 6 nitrogen and oxygen atoms in total. The number of rotatable bonds is 8. The van der Waals surface area contributed by atoms with Gasteiger partial charge in [-0.1, -0.05) is 42.4 Å². The van der Waals surface area contributed by atoms with Gasteiger partial charge in [0.05, 0.1) is 24.4 Å². The fourth-order valence-corrected chi connectivity index (χ4v) is 6.22. The molecule has 2 aliphatic rings. The van der Waals surface area contributed by atoms with Gasteiger partial charge in [-0.2, -0.15) is 0 Å². The van der Waals surface area contributed by atoms with E-state index in [1.807, 2.05) is 73.7 Å². The minimum absolute atomic E-state index is 0.0719. The van der Waals surface area contributed by atoms with Crippen molar-refractivity contribution in [2.75, 3.05) is 31.1 Å². The summed E-state index contributed by atoms with van der Waals surface area (Å²) in [7, 11) is 0. The maximum atomic E-state index is 13.8. The van der Waals surface area contributed by atoms with Crippen molar-refractivity contribution < 1.29 is 14.3 Å². The molecule has 0 saturated carbocycles. The highest BCUT2D eigenvalue weighted by Crippen LogP contribution is 2.42. The van der Waals surface area contributed by atoms with Gasteiger partial charge in [0, 0.05) is 34.5 Å². The number of nitrogens with one attached hydrogen (secondary N) is 1. The molecule has 0 aromatic heterocycles. The highest BCUT2D eigenvalue weighted by atomic mass is 32.2. The SMILES string of the molecule is CCOc1ccc(CN2C(=O)c3ccccc3Sc3ccc(C(=O)NCCN4CCCC[C@H]4C)cc32)cc1. The highest BCUT2D eigenvalue weighted by molar-refractivity contribution is 7.99. The van der Waals surface area contributed by atoms with Gasteiger partial charge in [-0.25, -0.2) is 0 Å². The van der Waals surface area contributed by atoms with Crippen molar-refractivity contribution in [1.82, 2.24) is 10.2 Å².